The zero-order chi connectivity index (χ0) is 21.3. The first-order valence-corrected chi connectivity index (χ1v) is 10.4. The molecule has 0 bridgehead atoms. The fourth-order valence-corrected chi connectivity index (χ4v) is 4.49. The molecule has 30 heavy (non-hydrogen) atoms. The lowest BCUT2D eigenvalue weighted by Gasteiger charge is -2.37. The number of allylic oxidation sites excluding steroid dienone is 2. The molecule has 1 aliphatic carbocycles. The van der Waals surface area contributed by atoms with Gasteiger partial charge in [-0.05, 0) is 43.0 Å². The molecule has 0 fully saturated rings. The molecule has 156 valence electrons. The fourth-order valence-electron chi connectivity index (χ4n) is 4.49. The Hall–Kier alpha value is -3.15. The Bertz CT molecular complexity index is 987. The van der Waals surface area contributed by atoms with Crippen LogP contribution in [0.2, 0.25) is 0 Å². The predicted molar refractivity (Wildman–Crippen MR) is 110 cm³/mol. The first kappa shape index (κ1) is 20.1. The van der Waals surface area contributed by atoms with E-state index in [1.54, 1.807) is 19.1 Å². The van der Waals surface area contributed by atoms with Gasteiger partial charge in [0.15, 0.2) is 5.78 Å². The number of hydrogen-bond acceptors (Lipinski definition) is 5. The Morgan fingerprint density at radius 2 is 1.90 bits per heavy atom. The molecule has 3 atom stereocenters. The molecule has 1 aromatic heterocycles. The topological polar surface area (TPSA) is 85.6 Å². The number of esters is 1. The molecule has 4 rings (SSSR count). The lowest BCUT2D eigenvalue weighted by Crippen LogP contribution is -2.44. The van der Waals surface area contributed by atoms with E-state index in [0.717, 1.165) is 12.0 Å². The summed E-state index contributed by atoms with van der Waals surface area (Å²) in [6.07, 6.45) is 2.95. The molecule has 0 saturated carbocycles. The normalized spacial score (nSPS) is 23.7. The zero-order valence-corrected chi connectivity index (χ0v) is 17.1. The highest BCUT2D eigenvalue weighted by Crippen LogP contribution is 2.45. The first-order chi connectivity index (χ1) is 14.5. The van der Waals surface area contributed by atoms with Crippen molar-refractivity contribution in [3.8, 4) is 0 Å². The number of benzene rings is 1. The molecular weight excluding hydrogens is 382 g/mol. The summed E-state index contributed by atoms with van der Waals surface area (Å²) in [5.74, 6) is -2.29. The summed E-state index contributed by atoms with van der Waals surface area (Å²) >= 11 is 0. The van der Waals surface area contributed by atoms with E-state index in [-0.39, 0.29) is 30.6 Å². The fraction of sp³-hybridized carbons (Fsp3) is 0.375. The van der Waals surface area contributed by atoms with E-state index >= 15 is 0 Å². The number of carbonyl (C=O) groups is 3. The van der Waals surface area contributed by atoms with Gasteiger partial charge in [-0.1, -0.05) is 31.2 Å². The van der Waals surface area contributed by atoms with Crippen molar-refractivity contribution in [2.24, 2.45) is 5.92 Å². The monoisotopic (exact) mass is 407 g/mol. The van der Waals surface area contributed by atoms with Crippen molar-refractivity contribution in [2.75, 3.05) is 6.61 Å². The van der Waals surface area contributed by atoms with Gasteiger partial charge in [0.05, 0.1) is 12.9 Å². The van der Waals surface area contributed by atoms with Crippen molar-refractivity contribution < 1.29 is 23.5 Å². The zero-order valence-electron chi connectivity index (χ0n) is 17.1. The quantitative estimate of drug-likeness (QED) is 0.604. The maximum Gasteiger partial charge on any atom is 0.317 e. The highest BCUT2D eigenvalue weighted by atomic mass is 16.5. The Kier molecular flexibility index (Phi) is 5.57. The molecule has 0 radical (unpaired) electrons. The second-order valence-electron chi connectivity index (χ2n) is 7.71. The molecule has 6 heteroatoms. The van der Waals surface area contributed by atoms with Crippen LogP contribution in [0.5, 0.6) is 0 Å². The Morgan fingerprint density at radius 1 is 1.13 bits per heavy atom. The SMILES string of the molecule is CCOC(=O)[C@H]1C(=O)C2=C(C[C@H]1c1ccco1)NC(=O)C[C@@H]2c1ccc(CC)cc1. The van der Waals surface area contributed by atoms with Gasteiger partial charge in [0, 0.05) is 29.5 Å². The minimum atomic E-state index is -0.984. The summed E-state index contributed by atoms with van der Waals surface area (Å²) in [6, 6.07) is 11.5. The first-order valence-electron chi connectivity index (χ1n) is 10.4. The average Bonchev–Trinajstić information content (AvgIpc) is 3.27. The van der Waals surface area contributed by atoms with Crippen molar-refractivity contribution in [3.05, 3.63) is 70.8 Å². The molecule has 2 aromatic rings. The van der Waals surface area contributed by atoms with Gasteiger partial charge >= 0.3 is 5.97 Å². The molecule has 1 aliphatic heterocycles. The van der Waals surface area contributed by atoms with E-state index in [0.29, 0.717) is 23.5 Å². The van der Waals surface area contributed by atoms with Gasteiger partial charge in [0.1, 0.15) is 11.7 Å². The van der Waals surface area contributed by atoms with Gasteiger partial charge in [-0.2, -0.15) is 0 Å². The molecule has 1 N–H and O–H groups in total. The lowest BCUT2D eigenvalue weighted by atomic mass is 9.69. The van der Waals surface area contributed by atoms with Crippen molar-refractivity contribution in [1.29, 1.82) is 0 Å². The average molecular weight is 407 g/mol. The van der Waals surface area contributed by atoms with Crippen LogP contribution in [-0.2, 0) is 25.5 Å². The number of rotatable bonds is 5. The van der Waals surface area contributed by atoms with E-state index in [9.17, 15) is 14.4 Å². The number of aryl methyl sites for hydroxylation is 1. The Morgan fingerprint density at radius 3 is 2.53 bits per heavy atom. The van der Waals surface area contributed by atoms with E-state index in [1.807, 2.05) is 24.3 Å². The highest BCUT2D eigenvalue weighted by molar-refractivity contribution is 6.12. The van der Waals surface area contributed by atoms with Crippen molar-refractivity contribution in [2.45, 2.75) is 44.9 Å². The van der Waals surface area contributed by atoms with Gasteiger partial charge in [-0.25, -0.2) is 0 Å². The minimum Gasteiger partial charge on any atom is -0.469 e. The van der Waals surface area contributed by atoms with Crippen molar-refractivity contribution >= 4 is 17.7 Å². The molecule has 0 saturated heterocycles. The van der Waals surface area contributed by atoms with Gasteiger partial charge < -0.3 is 14.5 Å². The van der Waals surface area contributed by atoms with Crippen LogP contribution < -0.4 is 5.32 Å². The van der Waals surface area contributed by atoms with Crippen LogP contribution in [0.15, 0.2) is 58.3 Å². The van der Waals surface area contributed by atoms with Crippen LogP contribution in [-0.4, -0.2) is 24.3 Å². The van der Waals surface area contributed by atoms with E-state index in [1.165, 1.54) is 11.8 Å². The van der Waals surface area contributed by atoms with Crippen LogP contribution in [0.1, 0.15) is 55.4 Å². The van der Waals surface area contributed by atoms with E-state index in [2.05, 4.69) is 12.2 Å². The molecular formula is C24H25NO5. The maximum atomic E-state index is 13.6. The van der Waals surface area contributed by atoms with Crippen molar-refractivity contribution in [3.63, 3.8) is 0 Å². The van der Waals surface area contributed by atoms with Crippen LogP contribution in [0.4, 0.5) is 0 Å². The molecule has 0 unspecified atom stereocenters. The van der Waals surface area contributed by atoms with Gasteiger partial charge in [0.2, 0.25) is 5.91 Å². The summed E-state index contributed by atoms with van der Waals surface area (Å²) in [5, 5.41) is 2.88. The van der Waals surface area contributed by atoms with Crippen LogP contribution in [0.3, 0.4) is 0 Å². The lowest BCUT2D eigenvalue weighted by molar-refractivity contribution is -0.152. The van der Waals surface area contributed by atoms with Crippen LogP contribution >= 0.6 is 0 Å². The number of ether oxygens (including phenoxy) is 1. The second-order valence-corrected chi connectivity index (χ2v) is 7.71. The summed E-state index contributed by atoms with van der Waals surface area (Å²) in [4.78, 5) is 38.9. The standard InChI is InChI=1S/C24H25NO5/c1-3-14-7-9-15(10-8-14)16-13-20(26)25-18-12-17(19-6-5-11-30-19)22(23(27)21(16)18)24(28)29-4-2/h5-11,16-17,22H,3-4,12-13H2,1-2H3,(H,25,26)/t16-,17+,22-/m1/s1. The predicted octanol–water partition coefficient (Wildman–Crippen LogP) is 3.64. The van der Waals surface area contributed by atoms with Crippen LogP contribution in [0.25, 0.3) is 0 Å². The molecule has 6 nitrogen and oxygen atoms in total. The van der Waals surface area contributed by atoms with Gasteiger partial charge in [0.25, 0.3) is 0 Å². The number of ketones is 1. The molecule has 1 aromatic carbocycles. The largest absolute Gasteiger partial charge is 0.469 e. The molecule has 0 spiro atoms. The Labute approximate surface area is 175 Å². The second kappa shape index (κ2) is 8.30. The molecule has 2 heterocycles. The van der Waals surface area contributed by atoms with E-state index < -0.39 is 17.8 Å². The molecule has 2 aliphatic rings. The maximum absolute atomic E-state index is 13.6. The summed E-state index contributed by atoms with van der Waals surface area (Å²) in [5.41, 5.74) is 3.19. The smallest absolute Gasteiger partial charge is 0.317 e. The third-order valence-electron chi connectivity index (χ3n) is 5.97. The third kappa shape index (κ3) is 3.58. The number of carbonyl (C=O) groups excluding carboxylic acids is 3. The third-order valence-corrected chi connectivity index (χ3v) is 5.97. The number of furan rings is 1. The minimum absolute atomic E-state index is 0.126. The van der Waals surface area contributed by atoms with Crippen LogP contribution in [0, 0.1) is 5.92 Å². The van der Waals surface area contributed by atoms with E-state index in [4.69, 9.17) is 9.15 Å². The number of nitrogens with one attached hydrogen (secondary N) is 1. The summed E-state index contributed by atoms with van der Waals surface area (Å²) in [6.45, 7) is 3.99. The highest BCUT2D eigenvalue weighted by Gasteiger charge is 2.48. The number of Topliss-reactive ketones (excluding diaryl/α,β-unsaturated/α-hetero) is 1. The van der Waals surface area contributed by atoms with Gasteiger partial charge in [-0.15, -0.1) is 0 Å². The summed E-state index contributed by atoms with van der Waals surface area (Å²) in [7, 11) is 0. The Balaban J connectivity index is 1.78. The summed E-state index contributed by atoms with van der Waals surface area (Å²) < 4.78 is 10.8. The van der Waals surface area contributed by atoms with Gasteiger partial charge in [-0.3, -0.25) is 14.4 Å². The molecule has 1 amide bonds. The number of hydrogen-bond donors (Lipinski definition) is 1. The number of amides is 1. The van der Waals surface area contributed by atoms with Crippen molar-refractivity contribution in [1.82, 2.24) is 5.32 Å².